The van der Waals surface area contributed by atoms with E-state index in [9.17, 15) is 9.59 Å². The first-order valence-electron chi connectivity index (χ1n) is 15.8. The number of hydrogen-bond acceptors (Lipinski definition) is 11. The van der Waals surface area contributed by atoms with Crippen LogP contribution in [0.25, 0.3) is 22.9 Å². The minimum Gasteiger partial charge on any atom is -0.475 e. The van der Waals surface area contributed by atoms with Gasteiger partial charge >= 0.3 is 11.9 Å². The second-order valence-corrected chi connectivity index (χ2v) is 11.6. The molecular weight excluding hydrogens is 624 g/mol. The van der Waals surface area contributed by atoms with Gasteiger partial charge in [0, 0.05) is 36.1 Å². The molecule has 0 radical (unpaired) electrons. The quantitative estimate of drug-likeness (QED) is 0.159. The van der Waals surface area contributed by atoms with Crippen molar-refractivity contribution in [3.63, 3.8) is 0 Å². The van der Waals surface area contributed by atoms with Crippen LogP contribution in [-0.4, -0.2) is 59.2 Å². The third-order valence-corrected chi connectivity index (χ3v) is 8.03. The van der Waals surface area contributed by atoms with E-state index in [1.165, 1.54) is 13.8 Å². The van der Waals surface area contributed by atoms with Crippen molar-refractivity contribution in [1.29, 1.82) is 0 Å². The molecule has 0 aliphatic carbocycles. The number of benzene rings is 4. The number of ether oxygens (including phenoxy) is 4. The summed E-state index contributed by atoms with van der Waals surface area (Å²) in [6, 6.07) is 33.2. The molecule has 0 spiro atoms. The molecule has 4 aromatic carbocycles. The summed E-state index contributed by atoms with van der Waals surface area (Å²) in [5, 5.41) is 8.61. The van der Waals surface area contributed by atoms with Crippen molar-refractivity contribution in [1.82, 2.24) is 10.2 Å². The molecule has 7 rings (SSSR count). The van der Waals surface area contributed by atoms with Crippen molar-refractivity contribution < 1.29 is 33.0 Å². The van der Waals surface area contributed by atoms with Gasteiger partial charge in [-0.25, -0.2) is 9.98 Å². The highest BCUT2D eigenvalue weighted by Gasteiger charge is 2.33. The maximum Gasteiger partial charge on any atom is 0.303 e. The lowest BCUT2D eigenvalue weighted by Gasteiger charge is -2.20. The van der Waals surface area contributed by atoms with E-state index < -0.39 is 24.3 Å². The van der Waals surface area contributed by atoms with Crippen LogP contribution in [0.15, 0.2) is 124 Å². The standard InChI is InChI=1S/C38H32N4O7/c1-23(43)47-33(25-11-5-3-6-12-25)31-21-45-35(39-31)27-15-9-17-29(19-27)37-41-42-38(49-37)30-18-10-16-28(20-30)36-40-32(22-46-36)34(48-24(2)44)26-13-7-4-8-14-26/h3-20,31-34H,21-22H2,1-2H3/t31-,32-,33+,34+/m0/s1. The Kier molecular flexibility index (Phi) is 8.96. The summed E-state index contributed by atoms with van der Waals surface area (Å²) in [6.45, 7) is 3.30. The molecule has 0 saturated carbocycles. The molecular formula is C38H32N4O7. The van der Waals surface area contributed by atoms with Gasteiger partial charge in [-0.3, -0.25) is 9.59 Å². The molecule has 0 fully saturated rings. The highest BCUT2D eigenvalue weighted by Crippen LogP contribution is 2.32. The topological polar surface area (TPSA) is 135 Å². The summed E-state index contributed by atoms with van der Waals surface area (Å²) in [5.41, 5.74) is 4.51. The van der Waals surface area contributed by atoms with Gasteiger partial charge in [-0.15, -0.1) is 10.2 Å². The average molecular weight is 657 g/mol. The van der Waals surface area contributed by atoms with Crippen LogP contribution in [0.5, 0.6) is 0 Å². The van der Waals surface area contributed by atoms with E-state index in [1.54, 1.807) is 0 Å². The molecule has 11 heteroatoms. The van der Waals surface area contributed by atoms with E-state index in [2.05, 4.69) is 10.2 Å². The number of aromatic nitrogens is 2. The van der Waals surface area contributed by atoms with Crippen LogP contribution in [-0.2, 0) is 28.5 Å². The van der Waals surface area contributed by atoms with Gasteiger partial charge in [0.1, 0.15) is 25.3 Å². The zero-order valence-electron chi connectivity index (χ0n) is 26.8. The molecule has 11 nitrogen and oxygen atoms in total. The Balaban J connectivity index is 1.09. The SMILES string of the molecule is CC(=O)O[C@H](c1ccccc1)[C@@H]1COC(c2cccc(-c3nnc(-c4cccc(C5=N[C@H]([C@H](OC(C)=O)c6ccccc6)CO5)c4)o3)c2)=N1. The fraction of sp³-hybridized carbons (Fsp3) is 0.211. The summed E-state index contributed by atoms with van der Waals surface area (Å²) in [6.07, 6.45) is -1.14. The lowest BCUT2D eigenvalue weighted by molar-refractivity contribution is -0.148. The summed E-state index contributed by atoms with van der Waals surface area (Å²) >= 11 is 0. The Morgan fingerprint density at radius 2 is 1.00 bits per heavy atom. The van der Waals surface area contributed by atoms with Crippen molar-refractivity contribution in [3.05, 3.63) is 131 Å². The number of esters is 2. The van der Waals surface area contributed by atoms with Gasteiger partial charge in [-0.05, 0) is 47.5 Å². The Labute approximate surface area is 282 Å². The second-order valence-electron chi connectivity index (χ2n) is 11.6. The fourth-order valence-electron chi connectivity index (χ4n) is 5.81. The Morgan fingerprint density at radius 1 is 0.592 bits per heavy atom. The monoisotopic (exact) mass is 656 g/mol. The van der Waals surface area contributed by atoms with Gasteiger partial charge in [0.15, 0.2) is 12.2 Å². The minimum atomic E-state index is -0.570. The average Bonchev–Trinajstić information content (AvgIpc) is 3.93. The molecule has 0 unspecified atom stereocenters. The Hall–Kier alpha value is -6.10. The van der Waals surface area contributed by atoms with Gasteiger partial charge < -0.3 is 23.4 Å². The highest BCUT2D eigenvalue weighted by molar-refractivity contribution is 5.97. The molecule has 0 saturated heterocycles. The van der Waals surface area contributed by atoms with Crippen LogP contribution in [0.1, 0.15) is 48.3 Å². The Bertz CT molecular complexity index is 1880. The molecule has 246 valence electrons. The zero-order chi connectivity index (χ0) is 33.7. The normalized spacial score (nSPS) is 18.0. The second kappa shape index (κ2) is 13.9. The van der Waals surface area contributed by atoms with Crippen LogP contribution >= 0.6 is 0 Å². The molecule has 1 aromatic heterocycles. The lowest BCUT2D eigenvalue weighted by atomic mass is 10.0. The van der Waals surface area contributed by atoms with Crippen molar-refractivity contribution in [3.8, 4) is 22.9 Å². The number of aliphatic imine (C=N–C) groups is 2. The summed E-state index contributed by atoms with van der Waals surface area (Å²) in [4.78, 5) is 33.3. The third-order valence-electron chi connectivity index (χ3n) is 8.03. The highest BCUT2D eigenvalue weighted by atomic mass is 16.6. The fourth-order valence-corrected chi connectivity index (χ4v) is 5.81. The van der Waals surface area contributed by atoms with Gasteiger partial charge in [-0.1, -0.05) is 72.8 Å². The van der Waals surface area contributed by atoms with E-state index in [-0.39, 0.29) is 25.2 Å². The van der Waals surface area contributed by atoms with Crippen LogP contribution < -0.4 is 0 Å². The first-order chi connectivity index (χ1) is 23.9. The van der Waals surface area contributed by atoms with E-state index in [0.717, 1.165) is 22.3 Å². The first kappa shape index (κ1) is 31.5. The van der Waals surface area contributed by atoms with E-state index >= 15 is 0 Å². The molecule has 0 amide bonds. The maximum atomic E-state index is 11.9. The van der Waals surface area contributed by atoms with E-state index in [4.69, 9.17) is 33.3 Å². The van der Waals surface area contributed by atoms with Crippen molar-refractivity contribution in [2.24, 2.45) is 9.98 Å². The zero-order valence-corrected chi connectivity index (χ0v) is 26.8. The maximum absolute atomic E-state index is 11.9. The number of hydrogen-bond donors (Lipinski definition) is 0. The third kappa shape index (κ3) is 7.10. The van der Waals surface area contributed by atoms with Gasteiger partial charge in [-0.2, -0.15) is 0 Å². The molecule has 49 heavy (non-hydrogen) atoms. The van der Waals surface area contributed by atoms with Gasteiger partial charge in [0.25, 0.3) is 0 Å². The first-order valence-corrected chi connectivity index (χ1v) is 15.8. The number of carbonyl (C=O) groups is 2. The smallest absolute Gasteiger partial charge is 0.303 e. The molecule has 5 aromatic rings. The summed E-state index contributed by atoms with van der Waals surface area (Å²) < 4.78 is 29.3. The molecule has 3 heterocycles. The van der Waals surface area contributed by atoms with Crippen LogP contribution in [0, 0.1) is 0 Å². The largest absolute Gasteiger partial charge is 0.475 e. The minimum absolute atomic E-state index is 0.264. The number of carbonyl (C=O) groups excluding carboxylic acids is 2. The van der Waals surface area contributed by atoms with Crippen molar-refractivity contribution in [2.75, 3.05) is 13.2 Å². The van der Waals surface area contributed by atoms with Crippen LogP contribution in [0.4, 0.5) is 0 Å². The predicted molar refractivity (Wildman–Crippen MR) is 180 cm³/mol. The number of rotatable bonds is 10. The van der Waals surface area contributed by atoms with E-state index in [1.807, 2.05) is 109 Å². The van der Waals surface area contributed by atoms with Crippen molar-refractivity contribution >= 4 is 23.7 Å². The molecule has 4 atom stereocenters. The lowest BCUT2D eigenvalue weighted by Crippen LogP contribution is -2.23. The van der Waals surface area contributed by atoms with Crippen LogP contribution in [0.2, 0.25) is 0 Å². The van der Waals surface area contributed by atoms with Crippen molar-refractivity contribution in [2.45, 2.75) is 38.1 Å². The number of nitrogens with zero attached hydrogens (tertiary/aromatic N) is 4. The molecule has 0 N–H and O–H groups in total. The van der Waals surface area contributed by atoms with E-state index in [0.29, 0.717) is 34.7 Å². The molecule has 2 aliphatic heterocycles. The predicted octanol–water partition coefficient (Wildman–Crippen LogP) is 6.30. The summed E-state index contributed by atoms with van der Waals surface area (Å²) in [5.74, 6) is 0.738. The molecule has 0 bridgehead atoms. The Morgan fingerprint density at radius 3 is 1.41 bits per heavy atom. The van der Waals surface area contributed by atoms with Gasteiger partial charge in [0.2, 0.25) is 23.6 Å². The molecule has 2 aliphatic rings. The van der Waals surface area contributed by atoms with Crippen LogP contribution in [0.3, 0.4) is 0 Å². The summed E-state index contributed by atoms with van der Waals surface area (Å²) in [7, 11) is 0. The van der Waals surface area contributed by atoms with Gasteiger partial charge in [0.05, 0.1) is 0 Å².